The number of carbonyl (C=O) groups is 2. The number of carbonyl (C=O) groups excluding carboxylic acids is 2. The molecule has 0 saturated heterocycles. The Labute approximate surface area is 203 Å². The fourth-order valence-corrected chi connectivity index (χ4v) is 4.10. The Morgan fingerprint density at radius 3 is 2.06 bits per heavy atom. The molecular formula is C25H23Cl3N2O2. The summed E-state index contributed by atoms with van der Waals surface area (Å²) in [4.78, 5) is 28.0. The highest BCUT2D eigenvalue weighted by Crippen LogP contribution is 2.27. The highest BCUT2D eigenvalue weighted by atomic mass is 35.5. The SMILES string of the molecule is CNC(=O)[C@H](Cc1ccccc1)N(Cc1c(Cl)cccc1Cl)C(=O)Cc1ccc(Cl)cc1. The molecule has 0 aliphatic rings. The van der Waals surface area contributed by atoms with Gasteiger partial charge in [-0.1, -0.05) is 83.3 Å². The average molecular weight is 490 g/mol. The minimum atomic E-state index is -0.741. The van der Waals surface area contributed by atoms with Crippen molar-refractivity contribution < 1.29 is 9.59 Å². The van der Waals surface area contributed by atoms with Gasteiger partial charge in [0.15, 0.2) is 0 Å². The van der Waals surface area contributed by atoms with Gasteiger partial charge in [0.2, 0.25) is 11.8 Å². The van der Waals surface area contributed by atoms with Crippen molar-refractivity contribution in [3.05, 3.63) is 105 Å². The third kappa shape index (κ3) is 6.26. The monoisotopic (exact) mass is 488 g/mol. The van der Waals surface area contributed by atoms with Crippen LogP contribution < -0.4 is 5.32 Å². The summed E-state index contributed by atoms with van der Waals surface area (Å²) in [5.74, 6) is -0.477. The van der Waals surface area contributed by atoms with Crippen LogP contribution in [0.2, 0.25) is 15.1 Å². The van der Waals surface area contributed by atoms with Crippen molar-refractivity contribution in [3.8, 4) is 0 Å². The molecule has 0 bridgehead atoms. The summed E-state index contributed by atoms with van der Waals surface area (Å²) < 4.78 is 0. The first-order chi connectivity index (χ1) is 15.4. The predicted octanol–water partition coefficient (Wildman–Crippen LogP) is 5.58. The van der Waals surface area contributed by atoms with Crippen LogP contribution in [0.5, 0.6) is 0 Å². The zero-order valence-corrected chi connectivity index (χ0v) is 19.8. The molecule has 1 atom stereocenters. The van der Waals surface area contributed by atoms with Crippen LogP contribution in [-0.4, -0.2) is 29.8 Å². The van der Waals surface area contributed by atoms with E-state index in [0.29, 0.717) is 27.1 Å². The van der Waals surface area contributed by atoms with Crippen molar-refractivity contribution in [1.29, 1.82) is 0 Å². The minimum absolute atomic E-state index is 0.107. The van der Waals surface area contributed by atoms with E-state index in [1.165, 1.54) is 0 Å². The van der Waals surface area contributed by atoms with E-state index in [-0.39, 0.29) is 24.8 Å². The van der Waals surface area contributed by atoms with Gasteiger partial charge in [-0.2, -0.15) is 0 Å². The maximum Gasteiger partial charge on any atom is 0.242 e. The van der Waals surface area contributed by atoms with Gasteiger partial charge in [0.05, 0.1) is 6.42 Å². The molecule has 0 aliphatic carbocycles. The number of benzene rings is 3. The van der Waals surface area contributed by atoms with Crippen LogP contribution in [0.25, 0.3) is 0 Å². The highest BCUT2D eigenvalue weighted by Gasteiger charge is 2.30. The standard InChI is InChI=1S/C25H23Cl3N2O2/c1-29-25(32)23(14-17-6-3-2-4-7-17)30(16-20-21(27)8-5-9-22(20)28)24(31)15-18-10-12-19(26)13-11-18/h2-13,23H,14-16H2,1H3,(H,29,32)/t23-/m0/s1. The van der Waals surface area contributed by atoms with Gasteiger partial charge in [-0.25, -0.2) is 0 Å². The van der Waals surface area contributed by atoms with E-state index in [1.807, 2.05) is 30.3 Å². The van der Waals surface area contributed by atoms with Gasteiger partial charge in [0, 0.05) is 40.6 Å². The molecule has 0 unspecified atom stereocenters. The van der Waals surface area contributed by atoms with Crippen LogP contribution >= 0.6 is 34.8 Å². The third-order valence-electron chi connectivity index (χ3n) is 5.18. The van der Waals surface area contributed by atoms with Gasteiger partial charge in [-0.05, 0) is 35.4 Å². The second-order valence-electron chi connectivity index (χ2n) is 7.34. The number of likely N-dealkylation sites (N-methyl/N-ethyl adjacent to an activating group) is 1. The lowest BCUT2D eigenvalue weighted by Crippen LogP contribution is -2.50. The first-order valence-corrected chi connectivity index (χ1v) is 11.2. The summed E-state index contributed by atoms with van der Waals surface area (Å²) >= 11 is 18.8. The van der Waals surface area contributed by atoms with Crippen molar-refractivity contribution >= 4 is 46.6 Å². The Morgan fingerprint density at radius 2 is 1.47 bits per heavy atom. The number of hydrogen-bond donors (Lipinski definition) is 1. The number of amides is 2. The van der Waals surface area contributed by atoms with Crippen molar-refractivity contribution in [3.63, 3.8) is 0 Å². The number of hydrogen-bond acceptors (Lipinski definition) is 2. The molecule has 3 aromatic rings. The van der Waals surface area contributed by atoms with Crippen molar-refractivity contribution in [1.82, 2.24) is 10.2 Å². The summed E-state index contributed by atoms with van der Waals surface area (Å²) in [6.07, 6.45) is 0.469. The van der Waals surface area contributed by atoms with E-state index in [9.17, 15) is 9.59 Å². The highest BCUT2D eigenvalue weighted by molar-refractivity contribution is 6.36. The van der Waals surface area contributed by atoms with E-state index in [0.717, 1.165) is 11.1 Å². The Morgan fingerprint density at radius 1 is 0.844 bits per heavy atom. The predicted molar refractivity (Wildman–Crippen MR) is 130 cm³/mol. The molecule has 0 spiro atoms. The molecule has 32 heavy (non-hydrogen) atoms. The molecule has 3 rings (SSSR count). The van der Waals surface area contributed by atoms with Crippen LogP contribution in [0, 0.1) is 0 Å². The lowest BCUT2D eigenvalue weighted by Gasteiger charge is -2.32. The molecule has 0 radical (unpaired) electrons. The smallest absolute Gasteiger partial charge is 0.242 e. The Hall–Kier alpha value is -2.53. The van der Waals surface area contributed by atoms with Gasteiger partial charge >= 0.3 is 0 Å². The second-order valence-corrected chi connectivity index (χ2v) is 8.60. The Kier molecular flexibility index (Phi) is 8.57. The van der Waals surface area contributed by atoms with Crippen LogP contribution in [0.3, 0.4) is 0 Å². The molecule has 3 aromatic carbocycles. The summed E-state index contributed by atoms with van der Waals surface area (Å²) in [5.41, 5.74) is 2.34. The van der Waals surface area contributed by atoms with Gasteiger partial charge in [-0.15, -0.1) is 0 Å². The van der Waals surface area contributed by atoms with Gasteiger partial charge in [0.1, 0.15) is 6.04 Å². The molecule has 2 amide bonds. The molecule has 0 heterocycles. The molecule has 1 N–H and O–H groups in total. The van der Waals surface area contributed by atoms with Crippen LogP contribution in [0.15, 0.2) is 72.8 Å². The lowest BCUT2D eigenvalue weighted by atomic mass is 10.0. The van der Waals surface area contributed by atoms with E-state index in [1.54, 1.807) is 54.4 Å². The maximum absolute atomic E-state index is 13.5. The topological polar surface area (TPSA) is 49.4 Å². The minimum Gasteiger partial charge on any atom is -0.357 e. The Bertz CT molecular complexity index is 1050. The van der Waals surface area contributed by atoms with Crippen molar-refractivity contribution in [2.45, 2.75) is 25.4 Å². The quantitative estimate of drug-likeness (QED) is 0.449. The van der Waals surface area contributed by atoms with Gasteiger partial charge in [0.25, 0.3) is 0 Å². The number of nitrogens with one attached hydrogen (secondary N) is 1. The molecule has 0 saturated carbocycles. The summed E-state index contributed by atoms with van der Waals surface area (Å²) in [6.45, 7) is 0.107. The molecule has 166 valence electrons. The van der Waals surface area contributed by atoms with Crippen molar-refractivity contribution in [2.24, 2.45) is 0 Å². The summed E-state index contributed by atoms with van der Waals surface area (Å²) in [5, 5.41) is 4.17. The van der Waals surface area contributed by atoms with Gasteiger partial charge < -0.3 is 10.2 Å². The number of nitrogens with zero attached hydrogens (tertiary/aromatic N) is 1. The van der Waals surface area contributed by atoms with Crippen molar-refractivity contribution in [2.75, 3.05) is 7.05 Å². The summed E-state index contributed by atoms with van der Waals surface area (Å²) in [7, 11) is 1.56. The van der Waals surface area contributed by atoms with Gasteiger partial charge in [-0.3, -0.25) is 9.59 Å². The van der Waals surface area contributed by atoms with E-state index in [2.05, 4.69) is 5.32 Å². The Balaban J connectivity index is 1.98. The molecule has 0 fully saturated rings. The number of halogens is 3. The first-order valence-electron chi connectivity index (χ1n) is 10.1. The molecule has 7 heteroatoms. The fourth-order valence-electron chi connectivity index (χ4n) is 3.45. The van der Waals surface area contributed by atoms with E-state index < -0.39 is 6.04 Å². The zero-order valence-electron chi connectivity index (χ0n) is 17.5. The maximum atomic E-state index is 13.5. The molecule has 0 aromatic heterocycles. The first kappa shape index (κ1) is 24.1. The molecular weight excluding hydrogens is 467 g/mol. The zero-order chi connectivity index (χ0) is 23.1. The second kappa shape index (κ2) is 11.4. The van der Waals surface area contributed by atoms with E-state index >= 15 is 0 Å². The van der Waals surface area contributed by atoms with Crippen LogP contribution in [0.4, 0.5) is 0 Å². The normalized spacial score (nSPS) is 11.6. The molecule has 4 nitrogen and oxygen atoms in total. The van der Waals surface area contributed by atoms with E-state index in [4.69, 9.17) is 34.8 Å². The van der Waals surface area contributed by atoms with Crippen LogP contribution in [-0.2, 0) is 29.0 Å². The fraction of sp³-hybridized carbons (Fsp3) is 0.200. The lowest BCUT2D eigenvalue weighted by molar-refractivity contribution is -0.140. The molecule has 0 aliphatic heterocycles. The summed E-state index contributed by atoms with van der Waals surface area (Å²) in [6, 6.07) is 21.1. The third-order valence-corrected chi connectivity index (χ3v) is 6.14. The average Bonchev–Trinajstić information content (AvgIpc) is 2.79. The van der Waals surface area contributed by atoms with Crippen LogP contribution in [0.1, 0.15) is 16.7 Å². The largest absolute Gasteiger partial charge is 0.357 e. The number of rotatable bonds is 8.